The average Bonchev–Trinajstić information content (AvgIpc) is 2.29. The van der Waals surface area contributed by atoms with Crippen molar-refractivity contribution in [3.8, 4) is 0 Å². The Morgan fingerprint density at radius 2 is 2.38 bits per heavy atom. The van der Waals surface area contributed by atoms with Crippen LogP contribution < -0.4 is 10.2 Å². The van der Waals surface area contributed by atoms with Gasteiger partial charge in [-0.1, -0.05) is 18.5 Å². The fourth-order valence-electron chi connectivity index (χ4n) is 2.06. The van der Waals surface area contributed by atoms with Crippen LogP contribution in [-0.4, -0.2) is 25.7 Å². The molecule has 2 nitrogen and oxygen atoms in total. The number of rotatable bonds is 2. The maximum Gasteiger partial charge on any atom is 0.0503 e. The third-order valence-corrected chi connectivity index (χ3v) is 4.10. The first-order valence-corrected chi connectivity index (χ1v) is 7.09. The summed E-state index contributed by atoms with van der Waals surface area (Å²) >= 11 is 8.34. The van der Waals surface area contributed by atoms with Crippen LogP contribution in [0.4, 0.5) is 5.69 Å². The monoisotopic (exact) mass is 350 g/mol. The van der Waals surface area contributed by atoms with Gasteiger partial charge in [-0.3, -0.25) is 0 Å². The van der Waals surface area contributed by atoms with E-state index in [0.29, 0.717) is 6.04 Å². The molecule has 1 aromatic carbocycles. The molecule has 1 heterocycles. The average molecular weight is 351 g/mol. The van der Waals surface area contributed by atoms with Crippen LogP contribution in [0.15, 0.2) is 18.2 Å². The van der Waals surface area contributed by atoms with Crippen molar-refractivity contribution in [1.29, 1.82) is 0 Å². The zero-order valence-corrected chi connectivity index (χ0v) is 12.3. The van der Waals surface area contributed by atoms with Crippen LogP contribution in [0.5, 0.6) is 0 Å². The number of anilines is 1. The van der Waals surface area contributed by atoms with E-state index in [1.54, 1.807) is 0 Å². The highest BCUT2D eigenvalue weighted by atomic mass is 127. The molecule has 1 atom stereocenters. The molecule has 0 aromatic heterocycles. The molecule has 1 N–H and O–H groups in total. The van der Waals surface area contributed by atoms with Crippen LogP contribution in [0.3, 0.4) is 0 Å². The van der Waals surface area contributed by atoms with Crippen molar-refractivity contribution < 1.29 is 0 Å². The Morgan fingerprint density at radius 3 is 3.06 bits per heavy atom. The molecule has 0 amide bonds. The van der Waals surface area contributed by atoms with E-state index in [-0.39, 0.29) is 0 Å². The molecule has 1 fully saturated rings. The second-order valence-corrected chi connectivity index (χ2v) is 5.70. The molecule has 1 saturated heterocycles. The number of benzene rings is 1. The van der Waals surface area contributed by atoms with Gasteiger partial charge in [0.25, 0.3) is 0 Å². The Bertz CT molecular complexity index is 370. The number of nitrogens with one attached hydrogen (secondary N) is 1. The molecular weight excluding hydrogens is 335 g/mol. The van der Waals surface area contributed by atoms with Crippen molar-refractivity contribution >= 4 is 39.9 Å². The molecule has 16 heavy (non-hydrogen) atoms. The molecule has 2 rings (SSSR count). The van der Waals surface area contributed by atoms with Gasteiger partial charge in [0.2, 0.25) is 0 Å². The van der Waals surface area contributed by atoms with Crippen LogP contribution >= 0.6 is 34.2 Å². The molecule has 1 aromatic rings. The Balaban J connectivity index is 2.16. The maximum absolute atomic E-state index is 5.98. The first kappa shape index (κ1) is 12.5. The third kappa shape index (κ3) is 2.81. The standard InChI is InChI=1S/C12H16ClIN2/c1-2-10-8-16(6-5-15-10)12-4-3-9(13)7-11(12)14/h3-4,7,10,15H,2,5-6,8H2,1H3. The Hall–Kier alpha value is -0.0000000000000000763. The molecule has 4 heteroatoms. The number of halogens is 2. The van der Waals surface area contributed by atoms with Gasteiger partial charge in [-0.2, -0.15) is 0 Å². The van der Waals surface area contributed by atoms with E-state index in [9.17, 15) is 0 Å². The van der Waals surface area contributed by atoms with E-state index in [2.05, 4.69) is 45.8 Å². The SMILES string of the molecule is CCC1CN(c2ccc(Cl)cc2I)CCN1. The molecule has 0 radical (unpaired) electrons. The van der Waals surface area contributed by atoms with Gasteiger partial charge in [-0.05, 0) is 47.2 Å². The fraction of sp³-hybridized carbons (Fsp3) is 0.500. The van der Waals surface area contributed by atoms with Crippen LogP contribution in [0.2, 0.25) is 5.02 Å². The van der Waals surface area contributed by atoms with Crippen molar-refractivity contribution in [2.45, 2.75) is 19.4 Å². The van der Waals surface area contributed by atoms with Gasteiger partial charge in [-0.25, -0.2) is 0 Å². The first-order valence-electron chi connectivity index (χ1n) is 5.64. The highest BCUT2D eigenvalue weighted by Crippen LogP contribution is 2.26. The van der Waals surface area contributed by atoms with E-state index in [1.807, 2.05) is 12.1 Å². The zero-order valence-electron chi connectivity index (χ0n) is 9.34. The summed E-state index contributed by atoms with van der Waals surface area (Å²) in [7, 11) is 0. The van der Waals surface area contributed by atoms with E-state index in [0.717, 1.165) is 24.7 Å². The predicted molar refractivity (Wildman–Crippen MR) is 78.5 cm³/mol. The van der Waals surface area contributed by atoms with Crippen molar-refractivity contribution in [1.82, 2.24) is 5.32 Å². The van der Waals surface area contributed by atoms with E-state index in [4.69, 9.17) is 11.6 Å². The lowest BCUT2D eigenvalue weighted by atomic mass is 10.1. The number of hydrogen-bond acceptors (Lipinski definition) is 2. The number of piperazine rings is 1. The lowest BCUT2D eigenvalue weighted by Crippen LogP contribution is -2.50. The predicted octanol–water partition coefficient (Wildman–Crippen LogP) is 3.13. The summed E-state index contributed by atoms with van der Waals surface area (Å²) in [6.07, 6.45) is 1.18. The quantitative estimate of drug-likeness (QED) is 0.825. The molecule has 0 spiro atoms. The zero-order chi connectivity index (χ0) is 11.5. The van der Waals surface area contributed by atoms with E-state index < -0.39 is 0 Å². The minimum absolute atomic E-state index is 0.611. The van der Waals surface area contributed by atoms with Crippen LogP contribution in [0.1, 0.15) is 13.3 Å². The van der Waals surface area contributed by atoms with Crippen LogP contribution in [-0.2, 0) is 0 Å². The smallest absolute Gasteiger partial charge is 0.0503 e. The lowest BCUT2D eigenvalue weighted by molar-refractivity contribution is 0.446. The van der Waals surface area contributed by atoms with E-state index >= 15 is 0 Å². The topological polar surface area (TPSA) is 15.3 Å². The summed E-state index contributed by atoms with van der Waals surface area (Å²) in [4.78, 5) is 2.45. The minimum Gasteiger partial charge on any atom is -0.368 e. The number of nitrogens with zero attached hydrogens (tertiary/aromatic N) is 1. The second kappa shape index (κ2) is 5.56. The van der Waals surface area contributed by atoms with E-state index in [1.165, 1.54) is 15.7 Å². The Labute approximate surface area is 115 Å². The maximum atomic E-state index is 5.98. The summed E-state index contributed by atoms with van der Waals surface area (Å²) in [5, 5.41) is 4.34. The highest BCUT2D eigenvalue weighted by molar-refractivity contribution is 14.1. The normalized spacial score (nSPS) is 21.2. The van der Waals surface area contributed by atoms with Crippen LogP contribution in [0.25, 0.3) is 0 Å². The van der Waals surface area contributed by atoms with Gasteiger partial charge < -0.3 is 10.2 Å². The van der Waals surface area contributed by atoms with Crippen molar-refractivity contribution in [2.24, 2.45) is 0 Å². The molecule has 1 aliphatic rings. The van der Waals surface area contributed by atoms with Gasteiger partial charge in [0.15, 0.2) is 0 Å². The molecule has 1 unspecified atom stereocenters. The molecule has 0 saturated carbocycles. The summed E-state index contributed by atoms with van der Waals surface area (Å²) in [5.41, 5.74) is 1.31. The fourth-order valence-corrected chi connectivity index (χ4v) is 3.27. The molecule has 0 aliphatic carbocycles. The summed E-state index contributed by atoms with van der Waals surface area (Å²) in [5.74, 6) is 0. The number of hydrogen-bond donors (Lipinski definition) is 1. The first-order chi connectivity index (χ1) is 7.70. The van der Waals surface area contributed by atoms with Crippen LogP contribution in [0, 0.1) is 3.57 Å². The third-order valence-electron chi connectivity index (χ3n) is 3.00. The summed E-state index contributed by atoms with van der Waals surface area (Å²) in [6.45, 7) is 5.47. The van der Waals surface area contributed by atoms with Gasteiger partial charge in [-0.15, -0.1) is 0 Å². The lowest BCUT2D eigenvalue weighted by Gasteiger charge is -2.35. The second-order valence-electron chi connectivity index (χ2n) is 4.10. The van der Waals surface area contributed by atoms with Crippen molar-refractivity contribution in [3.05, 3.63) is 26.8 Å². The summed E-state index contributed by atoms with van der Waals surface area (Å²) < 4.78 is 1.24. The van der Waals surface area contributed by atoms with Gasteiger partial charge in [0, 0.05) is 34.3 Å². The van der Waals surface area contributed by atoms with Crippen molar-refractivity contribution in [2.75, 3.05) is 24.5 Å². The largest absolute Gasteiger partial charge is 0.368 e. The molecular formula is C12H16ClIN2. The Morgan fingerprint density at radius 1 is 1.56 bits per heavy atom. The highest BCUT2D eigenvalue weighted by Gasteiger charge is 2.19. The molecule has 0 bridgehead atoms. The molecule has 1 aliphatic heterocycles. The molecule has 88 valence electrons. The van der Waals surface area contributed by atoms with Crippen molar-refractivity contribution in [3.63, 3.8) is 0 Å². The minimum atomic E-state index is 0.611. The van der Waals surface area contributed by atoms with Gasteiger partial charge in [0.05, 0.1) is 5.69 Å². The van der Waals surface area contributed by atoms with Gasteiger partial charge >= 0.3 is 0 Å². The summed E-state index contributed by atoms with van der Waals surface area (Å²) in [6, 6.07) is 6.74. The van der Waals surface area contributed by atoms with Gasteiger partial charge in [0.1, 0.15) is 0 Å². The Kier molecular flexibility index (Phi) is 4.33.